The molecule has 0 unspecified atom stereocenters. The first-order valence-electron chi connectivity index (χ1n) is 7.78. The number of ketones is 1. The summed E-state index contributed by atoms with van der Waals surface area (Å²) in [5.41, 5.74) is 1.75. The van der Waals surface area contributed by atoms with Crippen LogP contribution in [-0.4, -0.2) is 10.8 Å². The molecule has 0 atom stereocenters. The fraction of sp³-hybridized carbons (Fsp3) is 0.100. The van der Waals surface area contributed by atoms with E-state index in [9.17, 15) is 4.79 Å². The van der Waals surface area contributed by atoms with Gasteiger partial charge < -0.3 is 5.32 Å². The first-order chi connectivity index (χ1) is 11.6. The van der Waals surface area contributed by atoms with Crippen LogP contribution in [0.4, 0.5) is 10.8 Å². The lowest BCUT2D eigenvalue weighted by Gasteiger charge is -2.06. The molecular weight excluding hydrogens is 316 g/mol. The van der Waals surface area contributed by atoms with E-state index in [1.54, 1.807) is 6.92 Å². The normalized spacial score (nSPS) is 11.1. The van der Waals surface area contributed by atoms with Gasteiger partial charge in [0, 0.05) is 12.6 Å². The average molecular weight is 332 g/mol. The molecule has 3 nitrogen and oxygen atoms in total. The van der Waals surface area contributed by atoms with Crippen LogP contribution in [-0.2, 0) is 0 Å². The van der Waals surface area contributed by atoms with Crippen molar-refractivity contribution in [2.75, 3.05) is 5.32 Å². The minimum atomic E-state index is 0.0584. The maximum absolute atomic E-state index is 11.6. The Morgan fingerprint density at radius 3 is 2.29 bits per heavy atom. The minimum Gasteiger partial charge on any atom is -0.332 e. The number of fused-ring (bicyclic) bond motifs is 2. The Morgan fingerprint density at radius 2 is 1.62 bits per heavy atom. The van der Waals surface area contributed by atoms with Crippen molar-refractivity contribution in [3.63, 3.8) is 0 Å². The van der Waals surface area contributed by atoms with Crippen LogP contribution in [0.1, 0.15) is 22.3 Å². The van der Waals surface area contributed by atoms with E-state index >= 15 is 0 Å². The fourth-order valence-corrected chi connectivity index (χ4v) is 3.80. The summed E-state index contributed by atoms with van der Waals surface area (Å²) < 4.78 is 0. The molecule has 0 aliphatic rings. The third kappa shape index (κ3) is 2.65. The number of nitrogens with zero attached hydrogens (tertiary/aromatic N) is 1. The molecule has 0 aliphatic heterocycles. The quantitative estimate of drug-likeness (QED) is 0.386. The molecule has 1 heterocycles. The summed E-state index contributed by atoms with van der Waals surface area (Å²) in [6, 6.07) is 19.0. The molecule has 24 heavy (non-hydrogen) atoms. The molecule has 4 heteroatoms. The molecule has 0 saturated heterocycles. The van der Waals surface area contributed by atoms with E-state index < -0.39 is 0 Å². The molecular formula is C20H16N2OS. The van der Waals surface area contributed by atoms with Gasteiger partial charge in [0.25, 0.3) is 0 Å². The smallest absolute Gasteiger partial charge is 0.188 e. The monoisotopic (exact) mass is 332 g/mol. The zero-order valence-corrected chi connectivity index (χ0v) is 14.3. The van der Waals surface area contributed by atoms with Gasteiger partial charge in [0.15, 0.2) is 10.9 Å². The van der Waals surface area contributed by atoms with E-state index in [0.29, 0.717) is 4.88 Å². The molecule has 0 amide bonds. The first-order valence-corrected chi connectivity index (χ1v) is 8.60. The van der Waals surface area contributed by atoms with Crippen molar-refractivity contribution in [1.29, 1.82) is 0 Å². The van der Waals surface area contributed by atoms with E-state index in [1.165, 1.54) is 32.9 Å². The van der Waals surface area contributed by atoms with Crippen LogP contribution in [0.15, 0.2) is 54.6 Å². The fourth-order valence-electron chi connectivity index (χ4n) is 2.92. The van der Waals surface area contributed by atoms with Crippen molar-refractivity contribution >= 4 is 49.5 Å². The van der Waals surface area contributed by atoms with Gasteiger partial charge in [0.2, 0.25) is 0 Å². The molecule has 0 aliphatic carbocycles. The number of Topliss-reactive ketones (excluding diaryl/α,β-unsaturated/α-hetero) is 1. The van der Waals surface area contributed by atoms with Crippen LogP contribution in [0.3, 0.4) is 0 Å². The zero-order valence-electron chi connectivity index (χ0n) is 13.5. The van der Waals surface area contributed by atoms with Crippen molar-refractivity contribution in [3.05, 3.63) is 65.2 Å². The van der Waals surface area contributed by atoms with Gasteiger partial charge >= 0.3 is 0 Å². The number of aromatic nitrogens is 1. The second-order valence-electron chi connectivity index (χ2n) is 5.88. The lowest BCUT2D eigenvalue weighted by Crippen LogP contribution is -1.90. The van der Waals surface area contributed by atoms with E-state index in [-0.39, 0.29) is 5.78 Å². The summed E-state index contributed by atoms with van der Waals surface area (Å²) in [4.78, 5) is 16.7. The van der Waals surface area contributed by atoms with Gasteiger partial charge in [0.05, 0.1) is 10.6 Å². The van der Waals surface area contributed by atoms with Crippen molar-refractivity contribution in [3.8, 4) is 0 Å². The molecule has 0 spiro atoms. The molecule has 1 aromatic heterocycles. The summed E-state index contributed by atoms with van der Waals surface area (Å²) in [6.07, 6.45) is 0. The summed E-state index contributed by atoms with van der Waals surface area (Å²) in [5, 5.41) is 8.92. The maximum atomic E-state index is 11.6. The zero-order chi connectivity index (χ0) is 16.7. The minimum absolute atomic E-state index is 0.0584. The highest BCUT2D eigenvalue weighted by molar-refractivity contribution is 7.17. The lowest BCUT2D eigenvalue weighted by molar-refractivity contribution is 0.102. The second kappa shape index (κ2) is 5.73. The number of nitrogens with one attached hydrogen (secondary N) is 1. The Hall–Kier alpha value is -2.72. The summed E-state index contributed by atoms with van der Waals surface area (Å²) in [5.74, 6) is 0.0584. The van der Waals surface area contributed by atoms with E-state index in [0.717, 1.165) is 16.5 Å². The SMILES string of the molecule is CC(=O)c1sc(Nc2ccc3cc4ccccc4cc3c2)nc1C. The Bertz CT molecular complexity index is 1080. The number of hydrogen-bond acceptors (Lipinski definition) is 4. The average Bonchev–Trinajstić information content (AvgIpc) is 2.93. The standard InChI is InChI=1S/C20H16N2OS/c1-12-19(13(2)23)24-20(21-12)22-18-8-7-16-9-14-5-3-4-6-15(14)10-17(16)11-18/h3-11H,1-2H3,(H,21,22). The highest BCUT2D eigenvalue weighted by Gasteiger charge is 2.11. The molecule has 0 fully saturated rings. The van der Waals surface area contributed by atoms with Crippen molar-refractivity contribution < 1.29 is 4.79 Å². The molecule has 0 bridgehead atoms. The highest BCUT2D eigenvalue weighted by Crippen LogP contribution is 2.29. The second-order valence-corrected chi connectivity index (χ2v) is 6.88. The molecule has 0 radical (unpaired) electrons. The van der Waals surface area contributed by atoms with Crippen molar-refractivity contribution in [2.24, 2.45) is 0 Å². The molecule has 0 saturated carbocycles. The van der Waals surface area contributed by atoms with Gasteiger partial charge in [-0.05, 0) is 52.7 Å². The van der Waals surface area contributed by atoms with Crippen LogP contribution >= 0.6 is 11.3 Å². The highest BCUT2D eigenvalue weighted by atomic mass is 32.1. The molecule has 1 N–H and O–H groups in total. The van der Waals surface area contributed by atoms with E-state index in [2.05, 4.69) is 58.8 Å². The number of anilines is 2. The lowest BCUT2D eigenvalue weighted by atomic mass is 10.0. The van der Waals surface area contributed by atoms with Gasteiger partial charge in [-0.15, -0.1) is 0 Å². The largest absolute Gasteiger partial charge is 0.332 e. The maximum Gasteiger partial charge on any atom is 0.188 e. The van der Waals surface area contributed by atoms with Crippen LogP contribution in [0, 0.1) is 6.92 Å². The number of aryl methyl sites for hydroxylation is 1. The Balaban J connectivity index is 1.73. The molecule has 3 aromatic carbocycles. The van der Waals surface area contributed by atoms with Gasteiger partial charge in [-0.2, -0.15) is 0 Å². The summed E-state index contributed by atoms with van der Waals surface area (Å²) >= 11 is 1.40. The number of rotatable bonds is 3. The van der Waals surface area contributed by atoms with Crippen molar-refractivity contribution in [2.45, 2.75) is 13.8 Å². The molecule has 4 aromatic rings. The van der Waals surface area contributed by atoms with E-state index in [4.69, 9.17) is 0 Å². The molecule has 118 valence electrons. The Labute approximate surface area is 144 Å². The van der Waals surface area contributed by atoms with Gasteiger partial charge in [0.1, 0.15) is 0 Å². The number of carbonyl (C=O) groups excluding carboxylic acids is 1. The third-order valence-electron chi connectivity index (χ3n) is 4.07. The summed E-state index contributed by atoms with van der Waals surface area (Å²) in [6.45, 7) is 3.44. The van der Waals surface area contributed by atoms with Crippen LogP contribution in [0.2, 0.25) is 0 Å². The van der Waals surface area contributed by atoms with Crippen LogP contribution < -0.4 is 5.32 Å². The Kier molecular flexibility index (Phi) is 3.54. The first kappa shape index (κ1) is 14.8. The van der Waals surface area contributed by atoms with Crippen LogP contribution in [0.25, 0.3) is 21.5 Å². The van der Waals surface area contributed by atoms with Gasteiger partial charge in [-0.3, -0.25) is 4.79 Å². The third-order valence-corrected chi connectivity index (χ3v) is 5.25. The predicted octanol–water partition coefficient (Wildman–Crippen LogP) is 5.70. The van der Waals surface area contributed by atoms with Crippen molar-refractivity contribution in [1.82, 2.24) is 4.98 Å². The van der Waals surface area contributed by atoms with Gasteiger partial charge in [-0.25, -0.2) is 4.98 Å². The van der Waals surface area contributed by atoms with E-state index in [1.807, 2.05) is 13.0 Å². The molecule has 4 rings (SSSR count). The summed E-state index contributed by atoms with van der Waals surface area (Å²) in [7, 11) is 0. The number of hydrogen-bond donors (Lipinski definition) is 1. The topological polar surface area (TPSA) is 42.0 Å². The van der Waals surface area contributed by atoms with Gasteiger partial charge in [-0.1, -0.05) is 41.7 Å². The number of carbonyl (C=O) groups is 1. The van der Waals surface area contributed by atoms with Crippen LogP contribution in [0.5, 0.6) is 0 Å². The number of benzene rings is 3. The predicted molar refractivity (Wildman–Crippen MR) is 102 cm³/mol. The number of thiazole rings is 1. The Morgan fingerprint density at radius 1 is 0.958 bits per heavy atom.